The summed E-state index contributed by atoms with van der Waals surface area (Å²) in [6.45, 7) is 8.26. The van der Waals surface area contributed by atoms with Crippen LogP contribution in [0.15, 0.2) is 0 Å². The summed E-state index contributed by atoms with van der Waals surface area (Å²) >= 11 is 0. The second-order valence-corrected chi connectivity index (χ2v) is 5.66. The van der Waals surface area contributed by atoms with Gasteiger partial charge in [0.05, 0.1) is 0 Å². The molecule has 0 N–H and O–H groups in total. The molecule has 84 valence electrons. The Morgan fingerprint density at radius 3 is 1.86 bits per heavy atom. The normalized spacial score (nSPS) is 11.4. The van der Waals surface area contributed by atoms with E-state index in [4.69, 9.17) is 13.3 Å². The number of carbonyl (C=O) groups is 1. The summed E-state index contributed by atoms with van der Waals surface area (Å²) in [5, 5.41) is 0. The second-order valence-electron chi connectivity index (χ2n) is 3.15. The van der Waals surface area contributed by atoms with Gasteiger partial charge in [-0.05, 0) is 12.8 Å². The predicted octanol–water partition coefficient (Wildman–Crippen LogP) is 1.97. The highest BCUT2D eigenvalue weighted by atomic mass is 28.4. The van der Waals surface area contributed by atoms with E-state index in [0.717, 1.165) is 12.8 Å². The lowest BCUT2D eigenvalue weighted by molar-refractivity contribution is -0.136. The maximum atomic E-state index is 10.8. The zero-order valence-electron chi connectivity index (χ0n) is 9.46. The molecule has 0 amide bonds. The van der Waals surface area contributed by atoms with Crippen molar-refractivity contribution in [1.29, 1.82) is 0 Å². The first-order valence-corrected chi connectivity index (χ1v) is 7.24. The Bertz CT molecular complexity index is 164. The van der Waals surface area contributed by atoms with E-state index in [1.54, 1.807) is 6.55 Å². The van der Waals surface area contributed by atoms with E-state index >= 15 is 0 Å². The Labute approximate surface area is 86.9 Å². The van der Waals surface area contributed by atoms with Gasteiger partial charge in [-0.25, -0.2) is 0 Å². The molecule has 0 spiro atoms. The van der Waals surface area contributed by atoms with Gasteiger partial charge in [0.25, 0.3) is 5.97 Å². The lowest BCUT2D eigenvalue weighted by Crippen LogP contribution is -2.44. The molecule has 0 unspecified atom stereocenters. The van der Waals surface area contributed by atoms with E-state index in [-0.39, 0.29) is 5.97 Å². The molecule has 0 saturated carbocycles. The lowest BCUT2D eigenvalue weighted by atomic mass is 10.5. The molecule has 0 saturated heterocycles. The number of hydrogen-bond donors (Lipinski definition) is 0. The van der Waals surface area contributed by atoms with Crippen molar-refractivity contribution in [3.63, 3.8) is 0 Å². The maximum Gasteiger partial charge on any atom is 0.564 e. The molecular formula is C9H20O4Si. The van der Waals surface area contributed by atoms with Gasteiger partial charge in [0.1, 0.15) is 0 Å². The van der Waals surface area contributed by atoms with Gasteiger partial charge in [0.15, 0.2) is 0 Å². The van der Waals surface area contributed by atoms with Crippen molar-refractivity contribution < 1.29 is 18.1 Å². The van der Waals surface area contributed by atoms with Crippen molar-refractivity contribution in [2.24, 2.45) is 0 Å². The fraction of sp³-hybridized carbons (Fsp3) is 0.889. The van der Waals surface area contributed by atoms with Crippen molar-refractivity contribution in [2.75, 3.05) is 13.2 Å². The first kappa shape index (κ1) is 13.6. The monoisotopic (exact) mass is 220 g/mol. The molecule has 0 atom stereocenters. The van der Waals surface area contributed by atoms with Crippen LogP contribution in [-0.2, 0) is 18.1 Å². The summed E-state index contributed by atoms with van der Waals surface area (Å²) in [6, 6.07) is 0. The molecule has 0 aliphatic heterocycles. The molecule has 0 aliphatic rings. The van der Waals surface area contributed by atoms with Gasteiger partial charge < -0.3 is 13.3 Å². The van der Waals surface area contributed by atoms with Crippen molar-refractivity contribution >= 4 is 14.8 Å². The Kier molecular flexibility index (Phi) is 6.78. The molecule has 0 heterocycles. The number of hydrogen-bond acceptors (Lipinski definition) is 4. The standard InChI is InChI=1S/C9H20O4Si/c1-5-7-11-14(4,12-8-6-2)13-9(3)10/h5-8H2,1-4H3. The smallest absolute Gasteiger partial charge is 0.474 e. The van der Waals surface area contributed by atoms with Gasteiger partial charge in [-0.2, -0.15) is 0 Å². The Balaban J connectivity index is 4.09. The summed E-state index contributed by atoms with van der Waals surface area (Å²) in [4.78, 5) is 10.8. The van der Waals surface area contributed by atoms with Crippen LogP contribution in [0, 0.1) is 0 Å². The largest absolute Gasteiger partial charge is 0.564 e. The molecule has 4 nitrogen and oxygen atoms in total. The summed E-state index contributed by atoms with van der Waals surface area (Å²) in [7, 11) is -2.70. The third kappa shape index (κ3) is 6.12. The van der Waals surface area contributed by atoms with Crippen molar-refractivity contribution in [3.05, 3.63) is 0 Å². The van der Waals surface area contributed by atoms with Crippen molar-refractivity contribution in [3.8, 4) is 0 Å². The molecule has 0 aromatic carbocycles. The average molecular weight is 220 g/mol. The van der Waals surface area contributed by atoms with E-state index in [0.29, 0.717) is 13.2 Å². The van der Waals surface area contributed by atoms with Crippen LogP contribution in [-0.4, -0.2) is 28.0 Å². The van der Waals surface area contributed by atoms with Crippen LogP contribution in [0.5, 0.6) is 0 Å². The van der Waals surface area contributed by atoms with Crippen LogP contribution in [0.25, 0.3) is 0 Å². The highest BCUT2D eigenvalue weighted by molar-refractivity contribution is 6.60. The quantitative estimate of drug-likeness (QED) is 0.615. The minimum atomic E-state index is -2.70. The van der Waals surface area contributed by atoms with Crippen LogP contribution < -0.4 is 0 Å². The van der Waals surface area contributed by atoms with Gasteiger partial charge >= 0.3 is 8.80 Å². The van der Waals surface area contributed by atoms with Crippen LogP contribution in [0.4, 0.5) is 0 Å². The van der Waals surface area contributed by atoms with Gasteiger partial charge in [0.2, 0.25) is 0 Å². The highest BCUT2D eigenvalue weighted by Gasteiger charge is 2.37. The molecule has 0 fully saturated rings. The van der Waals surface area contributed by atoms with Crippen LogP contribution in [0.2, 0.25) is 6.55 Å². The van der Waals surface area contributed by atoms with E-state index in [1.165, 1.54) is 6.92 Å². The number of rotatable bonds is 7. The molecule has 5 heteroatoms. The third-order valence-corrected chi connectivity index (χ3v) is 3.58. The zero-order valence-corrected chi connectivity index (χ0v) is 10.5. The summed E-state index contributed by atoms with van der Waals surface area (Å²) in [5.74, 6) is -0.341. The van der Waals surface area contributed by atoms with Gasteiger partial charge in [-0.3, -0.25) is 4.79 Å². The summed E-state index contributed by atoms with van der Waals surface area (Å²) < 4.78 is 16.0. The molecule has 0 rings (SSSR count). The van der Waals surface area contributed by atoms with Crippen molar-refractivity contribution in [1.82, 2.24) is 0 Å². The number of carbonyl (C=O) groups excluding carboxylic acids is 1. The van der Waals surface area contributed by atoms with Crippen LogP contribution >= 0.6 is 0 Å². The molecule has 0 aromatic rings. The third-order valence-electron chi connectivity index (χ3n) is 1.47. The zero-order chi connectivity index (χ0) is 11.0. The van der Waals surface area contributed by atoms with E-state index in [2.05, 4.69) is 0 Å². The molecule has 0 aliphatic carbocycles. The fourth-order valence-corrected chi connectivity index (χ4v) is 2.81. The molecule has 14 heavy (non-hydrogen) atoms. The Morgan fingerprint density at radius 1 is 1.14 bits per heavy atom. The topological polar surface area (TPSA) is 44.8 Å². The Hall–Kier alpha value is -0.393. The Morgan fingerprint density at radius 2 is 1.57 bits per heavy atom. The van der Waals surface area contributed by atoms with Crippen LogP contribution in [0.1, 0.15) is 33.6 Å². The molecular weight excluding hydrogens is 200 g/mol. The van der Waals surface area contributed by atoms with Crippen molar-refractivity contribution in [2.45, 2.75) is 40.2 Å². The fourth-order valence-electron chi connectivity index (χ4n) is 0.937. The summed E-state index contributed by atoms with van der Waals surface area (Å²) in [5.41, 5.74) is 0. The average Bonchev–Trinajstić information content (AvgIpc) is 2.11. The van der Waals surface area contributed by atoms with E-state index in [9.17, 15) is 4.79 Å². The lowest BCUT2D eigenvalue weighted by Gasteiger charge is -2.24. The minimum absolute atomic E-state index is 0.341. The second kappa shape index (κ2) is 6.97. The molecule has 0 bridgehead atoms. The predicted molar refractivity (Wildman–Crippen MR) is 55.9 cm³/mol. The molecule has 0 aromatic heterocycles. The van der Waals surface area contributed by atoms with Gasteiger partial charge in [0, 0.05) is 26.7 Å². The minimum Gasteiger partial charge on any atom is -0.474 e. The first-order chi connectivity index (χ1) is 6.54. The van der Waals surface area contributed by atoms with E-state index < -0.39 is 8.80 Å². The first-order valence-electron chi connectivity index (χ1n) is 5.01. The van der Waals surface area contributed by atoms with Crippen LogP contribution in [0.3, 0.4) is 0 Å². The SMILES string of the molecule is CCCO[Si](C)(OCCC)OC(C)=O. The summed E-state index contributed by atoms with van der Waals surface area (Å²) in [6.07, 6.45) is 1.78. The maximum absolute atomic E-state index is 10.8. The van der Waals surface area contributed by atoms with E-state index in [1.807, 2.05) is 13.8 Å². The van der Waals surface area contributed by atoms with Gasteiger partial charge in [-0.1, -0.05) is 13.8 Å². The molecule has 0 radical (unpaired) electrons. The highest BCUT2D eigenvalue weighted by Crippen LogP contribution is 2.10. The van der Waals surface area contributed by atoms with Gasteiger partial charge in [-0.15, -0.1) is 0 Å².